The quantitative estimate of drug-likeness (QED) is 0.289. The number of carbonyl (C=O) groups is 2. The lowest BCUT2D eigenvalue weighted by molar-refractivity contribution is -0.145. The fourth-order valence-corrected chi connectivity index (χ4v) is 4.34. The van der Waals surface area contributed by atoms with Crippen LogP contribution < -0.4 is 4.74 Å². The summed E-state index contributed by atoms with van der Waals surface area (Å²) >= 11 is 0. The summed E-state index contributed by atoms with van der Waals surface area (Å²) in [6, 6.07) is 23.8. The smallest absolute Gasteiger partial charge is 0.438 e. The topological polar surface area (TPSA) is 112 Å². The van der Waals surface area contributed by atoms with E-state index < -0.39 is 25.9 Å². The number of carbonyl (C=O) groups excluding carboxylic acids is 2. The van der Waals surface area contributed by atoms with E-state index in [-0.39, 0.29) is 13.0 Å². The first-order valence-electron chi connectivity index (χ1n) is 11.1. The van der Waals surface area contributed by atoms with E-state index in [0.717, 1.165) is 19.8 Å². The average Bonchev–Trinajstić information content (AvgIpc) is 2.91. The normalized spacial score (nSPS) is 13.2. The highest BCUT2D eigenvalue weighted by Crippen LogP contribution is 2.48. The number of esters is 1. The number of amides is 1. The third-order valence-electron chi connectivity index (χ3n) is 5.27. The van der Waals surface area contributed by atoms with Gasteiger partial charge in [0.15, 0.2) is 0 Å². The Morgan fingerprint density at radius 1 is 0.833 bits per heavy atom. The summed E-state index contributed by atoms with van der Waals surface area (Å²) in [6.45, 7) is 0.217. The highest BCUT2D eigenvalue weighted by molar-refractivity contribution is 7.51. The summed E-state index contributed by atoms with van der Waals surface area (Å²) in [5.74, 6) is -0.302. The molecule has 0 saturated carbocycles. The van der Waals surface area contributed by atoms with Gasteiger partial charge in [0.1, 0.15) is 25.0 Å². The molecule has 190 valence electrons. The van der Waals surface area contributed by atoms with Crippen LogP contribution in [0.2, 0.25) is 0 Å². The van der Waals surface area contributed by atoms with E-state index in [9.17, 15) is 19.0 Å². The summed E-state index contributed by atoms with van der Waals surface area (Å²) in [5, 5.41) is 0. The monoisotopic (exact) mass is 513 g/mol. The lowest BCUT2D eigenvalue weighted by Gasteiger charge is -2.30. The fourth-order valence-electron chi connectivity index (χ4n) is 3.37. The van der Waals surface area contributed by atoms with E-state index in [1.165, 1.54) is 0 Å². The lowest BCUT2D eigenvalue weighted by Crippen LogP contribution is -2.45. The van der Waals surface area contributed by atoms with Gasteiger partial charge in [0, 0.05) is 13.5 Å². The molecule has 0 fully saturated rings. The standard InChI is InChI=1S/C26H28NO8P/c1-32-25(28)24(17-20-13-15-23(16-14-20)34-18-21-9-5-3-6-10-21)27(36(30,31)33-2)26(29)35-19-22-11-7-4-8-12-22/h3-16,24H,17-19H2,1-2H3,(H,30,31)/t24-/m0/s1. The van der Waals surface area contributed by atoms with Crippen molar-refractivity contribution in [3.63, 3.8) is 0 Å². The van der Waals surface area contributed by atoms with Crippen LogP contribution in [-0.2, 0) is 43.0 Å². The minimum Gasteiger partial charge on any atom is -0.489 e. The molecule has 0 bridgehead atoms. The molecular formula is C26H28NO8P. The molecule has 0 aliphatic rings. The molecule has 0 aliphatic carbocycles. The number of benzene rings is 3. The van der Waals surface area contributed by atoms with Gasteiger partial charge in [0.2, 0.25) is 0 Å². The van der Waals surface area contributed by atoms with Gasteiger partial charge in [-0.1, -0.05) is 72.8 Å². The molecular weight excluding hydrogens is 485 g/mol. The van der Waals surface area contributed by atoms with Crippen LogP contribution in [0.25, 0.3) is 0 Å². The highest BCUT2D eigenvalue weighted by atomic mass is 31.2. The zero-order valence-corrected chi connectivity index (χ0v) is 20.9. The Morgan fingerprint density at radius 2 is 1.39 bits per heavy atom. The Labute approximate surface area is 209 Å². The van der Waals surface area contributed by atoms with E-state index in [4.69, 9.17) is 14.2 Å². The minimum absolute atomic E-state index is 0.125. The summed E-state index contributed by atoms with van der Waals surface area (Å²) in [5.41, 5.74) is 2.27. The van der Waals surface area contributed by atoms with Crippen molar-refractivity contribution in [3.05, 3.63) is 102 Å². The van der Waals surface area contributed by atoms with Crippen molar-refractivity contribution >= 4 is 19.8 Å². The number of rotatable bonds is 11. The van der Waals surface area contributed by atoms with Gasteiger partial charge in [-0.25, -0.2) is 14.2 Å². The van der Waals surface area contributed by atoms with E-state index >= 15 is 0 Å². The number of hydrogen-bond donors (Lipinski definition) is 1. The largest absolute Gasteiger partial charge is 0.489 e. The van der Waals surface area contributed by atoms with Crippen LogP contribution in [0.1, 0.15) is 16.7 Å². The Balaban J connectivity index is 1.76. The number of hydrogen-bond acceptors (Lipinski definition) is 7. The first-order chi connectivity index (χ1) is 17.3. The van der Waals surface area contributed by atoms with Crippen LogP contribution in [0.5, 0.6) is 5.75 Å². The molecule has 36 heavy (non-hydrogen) atoms. The van der Waals surface area contributed by atoms with E-state index in [1.807, 2.05) is 30.3 Å². The molecule has 0 aromatic heterocycles. The molecule has 0 heterocycles. The van der Waals surface area contributed by atoms with Crippen LogP contribution in [0, 0.1) is 0 Å². The maximum atomic E-state index is 12.9. The second-order valence-electron chi connectivity index (χ2n) is 7.72. The molecule has 3 aromatic carbocycles. The molecule has 2 atom stereocenters. The van der Waals surface area contributed by atoms with Gasteiger partial charge >= 0.3 is 19.8 Å². The molecule has 1 amide bonds. The minimum atomic E-state index is -4.74. The summed E-state index contributed by atoms with van der Waals surface area (Å²) in [4.78, 5) is 35.9. The maximum Gasteiger partial charge on any atom is 0.438 e. The first kappa shape index (κ1) is 26.9. The van der Waals surface area contributed by atoms with Crippen LogP contribution >= 0.6 is 7.75 Å². The van der Waals surface area contributed by atoms with Gasteiger partial charge in [-0.3, -0.25) is 4.52 Å². The van der Waals surface area contributed by atoms with Crippen molar-refractivity contribution in [3.8, 4) is 5.75 Å². The van der Waals surface area contributed by atoms with Gasteiger partial charge in [-0.05, 0) is 28.8 Å². The van der Waals surface area contributed by atoms with Crippen LogP contribution in [-0.4, -0.2) is 41.9 Å². The van der Waals surface area contributed by atoms with Crippen molar-refractivity contribution in [1.82, 2.24) is 4.67 Å². The molecule has 10 heteroatoms. The van der Waals surface area contributed by atoms with Crippen molar-refractivity contribution in [2.75, 3.05) is 14.2 Å². The Bertz CT molecular complexity index is 1170. The highest BCUT2D eigenvalue weighted by Gasteiger charge is 2.44. The average molecular weight is 513 g/mol. The number of nitrogens with zero attached hydrogens (tertiary/aromatic N) is 1. The lowest BCUT2D eigenvalue weighted by atomic mass is 10.1. The van der Waals surface area contributed by atoms with Crippen molar-refractivity contribution < 1.29 is 37.8 Å². The maximum absolute atomic E-state index is 12.9. The molecule has 0 saturated heterocycles. The Kier molecular flexibility index (Phi) is 9.64. The van der Waals surface area contributed by atoms with Crippen molar-refractivity contribution in [2.45, 2.75) is 25.7 Å². The fraction of sp³-hybridized carbons (Fsp3) is 0.231. The molecule has 0 aliphatic heterocycles. The third kappa shape index (κ3) is 7.42. The second kappa shape index (κ2) is 12.9. The molecule has 0 radical (unpaired) electrons. The molecule has 1 N–H and O–H groups in total. The van der Waals surface area contributed by atoms with Crippen molar-refractivity contribution in [2.24, 2.45) is 0 Å². The Morgan fingerprint density at radius 3 is 1.92 bits per heavy atom. The number of ether oxygens (including phenoxy) is 3. The molecule has 3 aromatic rings. The second-order valence-corrected chi connectivity index (χ2v) is 9.50. The van der Waals surface area contributed by atoms with Crippen molar-refractivity contribution in [1.29, 1.82) is 0 Å². The number of methoxy groups -OCH3 is 1. The van der Waals surface area contributed by atoms with Gasteiger partial charge in [0.25, 0.3) is 0 Å². The third-order valence-corrected chi connectivity index (χ3v) is 6.73. The van der Waals surface area contributed by atoms with E-state index in [1.54, 1.807) is 54.6 Å². The van der Waals surface area contributed by atoms with E-state index in [2.05, 4.69) is 4.52 Å². The molecule has 1 unspecified atom stereocenters. The zero-order chi connectivity index (χ0) is 26.0. The van der Waals surface area contributed by atoms with Crippen LogP contribution in [0.3, 0.4) is 0 Å². The van der Waals surface area contributed by atoms with Crippen LogP contribution in [0.4, 0.5) is 4.79 Å². The molecule has 3 rings (SSSR count). The van der Waals surface area contributed by atoms with Gasteiger partial charge in [-0.2, -0.15) is 4.67 Å². The first-order valence-corrected chi connectivity index (χ1v) is 12.6. The van der Waals surface area contributed by atoms with E-state index in [0.29, 0.717) is 28.2 Å². The molecule has 0 spiro atoms. The van der Waals surface area contributed by atoms with Gasteiger partial charge in [-0.15, -0.1) is 0 Å². The summed E-state index contributed by atoms with van der Waals surface area (Å²) < 4.78 is 33.7. The Hall–Kier alpha value is -3.65. The van der Waals surface area contributed by atoms with Crippen LogP contribution in [0.15, 0.2) is 84.9 Å². The predicted octanol–water partition coefficient (Wildman–Crippen LogP) is 4.74. The molecule has 9 nitrogen and oxygen atoms in total. The predicted molar refractivity (Wildman–Crippen MR) is 132 cm³/mol. The summed E-state index contributed by atoms with van der Waals surface area (Å²) in [6.07, 6.45) is -1.32. The van der Waals surface area contributed by atoms with Gasteiger partial charge < -0.3 is 19.1 Å². The summed E-state index contributed by atoms with van der Waals surface area (Å²) in [7, 11) is -2.65. The van der Waals surface area contributed by atoms with Gasteiger partial charge in [0.05, 0.1) is 7.11 Å². The SMILES string of the molecule is COC(=O)[C@H](Cc1ccc(OCc2ccccc2)cc1)N(C(=O)OCc1ccccc1)P(=O)(O)OC. The zero-order valence-electron chi connectivity index (χ0n) is 20.0.